The second kappa shape index (κ2) is 9.10. The van der Waals surface area contributed by atoms with Crippen molar-refractivity contribution in [3.63, 3.8) is 0 Å². The van der Waals surface area contributed by atoms with Crippen molar-refractivity contribution in [3.8, 4) is 17.1 Å². The Hall–Kier alpha value is -3.17. The molecule has 1 aromatic heterocycles. The van der Waals surface area contributed by atoms with E-state index in [1.165, 1.54) is 0 Å². The Bertz CT molecular complexity index is 995. The van der Waals surface area contributed by atoms with Gasteiger partial charge in [-0.3, -0.25) is 9.89 Å². The lowest BCUT2D eigenvalue weighted by Crippen LogP contribution is -2.41. The van der Waals surface area contributed by atoms with Crippen molar-refractivity contribution in [1.82, 2.24) is 20.1 Å². The van der Waals surface area contributed by atoms with Crippen LogP contribution < -0.4 is 10.2 Å². The minimum atomic E-state index is -1.56. The first-order chi connectivity index (χ1) is 14.6. The van der Waals surface area contributed by atoms with Gasteiger partial charge in [-0.15, -0.1) is 0 Å². The van der Waals surface area contributed by atoms with Gasteiger partial charge >= 0.3 is 7.12 Å². The number of H-pyrrole nitrogens is 1. The van der Waals surface area contributed by atoms with Gasteiger partial charge in [0.15, 0.2) is 12.4 Å². The normalized spacial score (nSPS) is 16.3. The van der Waals surface area contributed by atoms with Gasteiger partial charge in [-0.1, -0.05) is 42.5 Å². The first-order valence-electron chi connectivity index (χ1n) is 9.98. The molecule has 4 rings (SSSR count). The van der Waals surface area contributed by atoms with Crippen molar-refractivity contribution < 1.29 is 19.6 Å². The number of carbonyl (C=O) groups excluding carboxylic acids is 1. The van der Waals surface area contributed by atoms with Crippen molar-refractivity contribution >= 4 is 18.5 Å². The van der Waals surface area contributed by atoms with Crippen LogP contribution >= 0.6 is 0 Å². The second-order valence-electron chi connectivity index (χ2n) is 7.24. The fraction of sp³-hybridized carbons (Fsp3) is 0.286. The number of ether oxygens (including phenoxy) is 1. The molecule has 3 aromatic rings. The predicted octanol–water partition coefficient (Wildman–Crippen LogP) is 1.28. The molecule has 0 radical (unpaired) electrons. The molecule has 1 fully saturated rings. The highest BCUT2D eigenvalue weighted by Crippen LogP contribution is 2.30. The van der Waals surface area contributed by atoms with E-state index in [9.17, 15) is 14.8 Å². The molecule has 2 aromatic carbocycles. The molecule has 8 nitrogen and oxygen atoms in total. The van der Waals surface area contributed by atoms with Crippen molar-refractivity contribution in [2.45, 2.75) is 25.3 Å². The van der Waals surface area contributed by atoms with Gasteiger partial charge in [0.05, 0.1) is 6.04 Å². The number of para-hydroxylation sites is 1. The molecule has 1 aliphatic rings. The van der Waals surface area contributed by atoms with Crippen LogP contribution in [0.25, 0.3) is 11.4 Å². The van der Waals surface area contributed by atoms with Crippen LogP contribution in [0.4, 0.5) is 0 Å². The van der Waals surface area contributed by atoms with Crippen molar-refractivity contribution in [3.05, 3.63) is 60.4 Å². The summed E-state index contributed by atoms with van der Waals surface area (Å²) in [6, 6.07) is 15.8. The molecule has 0 saturated carbocycles. The van der Waals surface area contributed by atoms with Crippen LogP contribution in [0.5, 0.6) is 5.75 Å². The van der Waals surface area contributed by atoms with Crippen LogP contribution in [0.2, 0.25) is 0 Å². The van der Waals surface area contributed by atoms with E-state index in [-0.39, 0.29) is 18.6 Å². The Labute approximate surface area is 174 Å². The first kappa shape index (κ1) is 20.1. The molecule has 1 saturated heterocycles. The van der Waals surface area contributed by atoms with Gasteiger partial charge in [-0.2, -0.15) is 5.10 Å². The fourth-order valence-corrected chi connectivity index (χ4v) is 3.65. The summed E-state index contributed by atoms with van der Waals surface area (Å²) in [5.74, 6) is 1.64. The minimum absolute atomic E-state index is 0.0298. The maximum atomic E-state index is 12.8. The average Bonchev–Trinajstić information content (AvgIpc) is 3.28. The zero-order valence-electron chi connectivity index (χ0n) is 16.4. The standard InChI is InChI=1S/C21H23BN4O4/c27-19(14-30-17-9-2-1-3-10-17)26-12-5-4-11-18(26)21-23-20(24-25-21)15-7-6-8-16(13-15)22(28)29/h1-3,6-10,13,18,28-29H,4-5,11-12,14H2,(H,23,24,25). The highest BCUT2D eigenvalue weighted by atomic mass is 16.5. The second-order valence-corrected chi connectivity index (χ2v) is 7.24. The molecule has 9 heteroatoms. The molecule has 0 aliphatic carbocycles. The number of amides is 1. The summed E-state index contributed by atoms with van der Waals surface area (Å²) < 4.78 is 5.63. The third kappa shape index (κ3) is 4.53. The molecule has 3 N–H and O–H groups in total. The van der Waals surface area contributed by atoms with Gasteiger partial charge in [0.2, 0.25) is 0 Å². The Kier molecular flexibility index (Phi) is 6.11. The highest BCUT2D eigenvalue weighted by molar-refractivity contribution is 6.58. The van der Waals surface area contributed by atoms with Crippen LogP contribution in [0.15, 0.2) is 54.6 Å². The zero-order valence-corrected chi connectivity index (χ0v) is 16.4. The highest BCUT2D eigenvalue weighted by Gasteiger charge is 2.30. The molecule has 1 atom stereocenters. The number of nitrogens with zero attached hydrogens (tertiary/aromatic N) is 3. The Morgan fingerprint density at radius 2 is 2.00 bits per heavy atom. The van der Waals surface area contributed by atoms with E-state index in [0.717, 1.165) is 19.3 Å². The summed E-state index contributed by atoms with van der Waals surface area (Å²) in [5, 5.41) is 26.0. The molecule has 154 valence electrons. The summed E-state index contributed by atoms with van der Waals surface area (Å²) in [4.78, 5) is 19.2. The van der Waals surface area contributed by atoms with Crippen LogP contribution in [-0.2, 0) is 4.79 Å². The Morgan fingerprint density at radius 3 is 2.80 bits per heavy atom. The number of likely N-dealkylation sites (tertiary alicyclic amines) is 1. The lowest BCUT2D eigenvalue weighted by atomic mass is 9.79. The van der Waals surface area contributed by atoms with E-state index >= 15 is 0 Å². The van der Waals surface area contributed by atoms with Crippen LogP contribution in [0.3, 0.4) is 0 Å². The summed E-state index contributed by atoms with van der Waals surface area (Å²) in [6.07, 6.45) is 2.72. The number of rotatable bonds is 6. The number of aromatic amines is 1. The third-order valence-corrected chi connectivity index (χ3v) is 5.19. The van der Waals surface area contributed by atoms with Crippen molar-refractivity contribution in [2.24, 2.45) is 0 Å². The van der Waals surface area contributed by atoms with Crippen LogP contribution in [-0.4, -0.2) is 56.3 Å². The number of piperidine rings is 1. The number of hydrogen-bond donors (Lipinski definition) is 3. The molecular formula is C21H23BN4O4. The number of hydrogen-bond acceptors (Lipinski definition) is 6. The van der Waals surface area contributed by atoms with Gasteiger partial charge in [0, 0.05) is 12.1 Å². The topological polar surface area (TPSA) is 112 Å². The quantitative estimate of drug-likeness (QED) is 0.532. The zero-order chi connectivity index (χ0) is 20.9. The SMILES string of the molecule is O=C(COc1ccccc1)N1CCCCC1c1nc(-c2cccc(B(O)O)c2)n[nH]1. The Morgan fingerprint density at radius 1 is 1.17 bits per heavy atom. The summed E-state index contributed by atoms with van der Waals surface area (Å²) in [6.45, 7) is 0.613. The smallest absolute Gasteiger partial charge is 0.484 e. The molecule has 2 heterocycles. The van der Waals surface area contributed by atoms with Gasteiger partial charge in [0.1, 0.15) is 11.6 Å². The molecule has 1 unspecified atom stereocenters. The van der Waals surface area contributed by atoms with E-state index in [4.69, 9.17) is 4.74 Å². The maximum absolute atomic E-state index is 12.8. The van der Waals surface area contributed by atoms with E-state index in [0.29, 0.717) is 35.0 Å². The Balaban J connectivity index is 1.49. The lowest BCUT2D eigenvalue weighted by molar-refractivity contribution is -0.137. The van der Waals surface area contributed by atoms with E-state index < -0.39 is 7.12 Å². The average molecular weight is 406 g/mol. The molecule has 1 aliphatic heterocycles. The van der Waals surface area contributed by atoms with E-state index in [1.807, 2.05) is 30.3 Å². The van der Waals surface area contributed by atoms with Gasteiger partial charge < -0.3 is 19.7 Å². The maximum Gasteiger partial charge on any atom is 0.488 e. The predicted molar refractivity (Wildman–Crippen MR) is 112 cm³/mol. The van der Waals surface area contributed by atoms with E-state index in [2.05, 4.69) is 15.2 Å². The van der Waals surface area contributed by atoms with Gasteiger partial charge in [-0.05, 0) is 36.9 Å². The first-order valence-corrected chi connectivity index (χ1v) is 9.98. The van der Waals surface area contributed by atoms with Crippen LogP contribution in [0, 0.1) is 0 Å². The number of benzene rings is 2. The van der Waals surface area contributed by atoms with Crippen LogP contribution in [0.1, 0.15) is 31.1 Å². The molecule has 30 heavy (non-hydrogen) atoms. The van der Waals surface area contributed by atoms with Crippen molar-refractivity contribution in [1.29, 1.82) is 0 Å². The molecule has 0 bridgehead atoms. The summed E-state index contributed by atoms with van der Waals surface area (Å²) in [7, 11) is -1.56. The number of nitrogens with one attached hydrogen (secondary N) is 1. The summed E-state index contributed by atoms with van der Waals surface area (Å²) >= 11 is 0. The lowest BCUT2D eigenvalue weighted by Gasteiger charge is -2.34. The monoisotopic (exact) mass is 406 g/mol. The number of aromatic nitrogens is 3. The molecule has 0 spiro atoms. The van der Waals surface area contributed by atoms with Crippen molar-refractivity contribution in [2.75, 3.05) is 13.2 Å². The number of carbonyl (C=O) groups is 1. The summed E-state index contributed by atoms with van der Waals surface area (Å²) in [5.41, 5.74) is 1.04. The fourth-order valence-electron chi connectivity index (χ4n) is 3.65. The minimum Gasteiger partial charge on any atom is -0.484 e. The van der Waals surface area contributed by atoms with Gasteiger partial charge in [0.25, 0.3) is 5.91 Å². The molecule has 1 amide bonds. The third-order valence-electron chi connectivity index (χ3n) is 5.19. The van der Waals surface area contributed by atoms with E-state index in [1.54, 1.807) is 29.2 Å². The van der Waals surface area contributed by atoms with Gasteiger partial charge in [-0.25, -0.2) is 4.98 Å². The largest absolute Gasteiger partial charge is 0.488 e. The molecular weight excluding hydrogens is 383 g/mol.